The maximum absolute atomic E-state index is 12.0. The summed E-state index contributed by atoms with van der Waals surface area (Å²) in [6, 6.07) is 0.0429. The molecule has 1 saturated carbocycles. The fourth-order valence-electron chi connectivity index (χ4n) is 3.21. The Kier molecular flexibility index (Phi) is 5.97. The van der Waals surface area contributed by atoms with Crippen molar-refractivity contribution in [2.24, 2.45) is 0 Å². The average molecular weight is 329 g/mol. The van der Waals surface area contributed by atoms with E-state index in [1.807, 2.05) is 7.05 Å². The van der Waals surface area contributed by atoms with Crippen molar-refractivity contribution in [1.29, 1.82) is 0 Å². The van der Waals surface area contributed by atoms with Crippen LogP contribution in [0.4, 0.5) is 0 Å². The molecule has 22 heavy (non-hydrogen) atoms. The van der Waals surface area contributed by atoms with E-state index in [0.717, 1.165) is 44.9 Å². The van der Waals surface area contributed by atoms with Crippen LogP contribution in [-0.4, -0.2) is 48.1 Å². The predicted octanol–water partition coefficient (Wildman–Crippen LogP) is 2.20. The fraction of sp³-hybridized carbons (Fsp3) is 0.867. The van der Waals surface area contributed by atoms with Crippen LogP contribution in [0.15, 0.2) is 4.52 Å². The molecule has 1 aromatic rings. The normalized spacial score (nSPS) is 23.1. The molecule has 0 radical (unpaired) electrons. The monoisotopic (exact) mass is 329 g/mol. The summed E-state index contributed by atoms with van der Waals surface area (Å²) in [5.41, 5.74) is 0. The summed E-state index contributed by atoms with van der Waals surface area (Å²) in [5.74, 6) is 1.32. The average Bonchev–Trinajstić information content (AvgIpc) is 2.91. The van der Waals surface area contributed by atoms with Gasteiger partial charge in [0.2, 0.25) is 5.89 Å². The van der Waals surface area contributed by atoms with Crippen molar-refractivity contribution in [3.8, 4) is 0 Å². The molecule has 7 heteroatoms. The van der Waals surface area contributed by atoms with Crippen LogP contribution in [0.3, 0.4) is 0 Å². The molecule has 126 valence electrons. The van der Waals surface area contributed by atoms with Gasteiger partial charge in [-0.3, -0.25) is 4.90 Å². The Morgan fingerprint density at radius 1 is 1.32 bits per heavy atom. The molecular formula is C15H27N3O3S. The van der Waals surface area contributed by atoms with E-state index in [-0.39, 0.29) is 11.3 Å². The summed E-state index contributed by atoms with van der Waals surface area (Å²) in [6.45, 7) is 2.66. The molecule has 2 rings (SSSR count). The number of unbranched alkanes of at least 4 members (excludes halogenated alkanes) is 1. The summed E-state index contributed by atoms with van der Waals surface area (Å²) in [5, 5.41) is 3.73. The zero-order valence-electron chi connectivity index (χ0n) is 13.8. The van der Waals surface area contributed by atoms with Crippen molar-refractivity contribution < 1.29 is 12.9 Å². The zero-order valence-corrected chi connectivity index (χ0v) is 14.6. The molecule has 0 aliphatic heterocycles. The maximum Gasteiger partial charge on any atom is 0.226 e. The van der Waals surface area contributed by atoms with Crippen molar-refractivity contribution >= 4 is 9.84 Å². The standard InChI is InChI=1S/C15H27N3O3S/c1-4-5-10-15-16-14(17-21-15)11-18(2)12-8-6-7-9-13(12)22(3,19)20/h12-13H,4-11H2,1-3H3/t12-,13+/m0/s1. The van der Waals surface area contributed by atoms with E-state index in [1.54, 1.807) is 0 Å². The van der Waals surface area contributed by atoms with Gasteiger partial charge in [0.25, 0.3) is 0 Å². The van der Waals surface area contributed by atoms with E-state index in [4.69, 9.17) is 4.52 Å². The molecule has 0 saturated heterocycles. The topological polar surface area (TPSA) is 76.3 Å². The lowest BCUT2D eigenvalue weighted by Gasteiger charge is -2.36. The van der Waals surface area contributed by atoms with Crippen molar-refractivity contribution in [1.82, 2.24) is 15.0 Å². The van der Waals surface area contributed by atoms with Crippen LogP contribution in [-0.2, 0) is 22.8 Å². The Hall–Kier alpha value is -0.950. The largest absolute Gasteiger partial charge is 0.339 e. The number of hydrogen-bond acceptors (Lipinski definition) is 6. The van der Waals surface area contributed by atoms with Crippen LogP contribution >= 0.6 is 0 Å². The second kappa shape index (κ2) is 7.55. The van der Waals surface area contributed by atoms with Gasteiger partial charge in [0.05, 0.1) is 11.8 Å². The Bertz CT molecular complexity index is 570. The Balaban J connectivity index is 2.00. The number of hydrogen-bond donors (Lipinski definition) is 0. The van der Waals surface area contributed by atoms with Gasteiger partial charge in [0, 0.05) is 18.7 Å². The Labute approximate surface area is 133 Å². The molecular weight excluding hydrogens is 302 g/mol. The van der Waals surface area contributed by atoms with Crippen LogP contribution in [0.2, 0.25) is 0 Å². The van der Waals surface area contributed by atoms with Gasteiger partial charge < -0.3 is 4.52 Å². The van der Waals surface area contributed by atoms with Crippen molar-refractivity contribution in [2.75, 3.05) is 13.3 Å². The summed E-state index contributed by atoms with van der Waals surface area (Å²) < 4.78 is 29.2. The minimum absolute atomic E-state index is 0.0429. The van der Waals surface area contributed by atoms with Gasteiger partial charge in [0.1, 0.15) is 0 Å². The first-order valence-corrected chi connectivity index (χ1v) is 10.1. The Morgan fingerprint density at radius 2 is 2.05 bits per heavy atom. The quantitative estimate of drug-likeness (QED) is 0.763. The molecule has 1 aromatic heterocycles. The lowest BCUT2D eigenvalue weighted by atomic mass is 9.94. The van der Waals surface area contributed by atoms with Crippen LogP contribution < -0.4 is 0 Å². The van der Waals surface area contributed by atoms with Crippen LogP contribution in [0, 0.1) is 0 Å². The fourth-order valence-corrected chi connectivity index (χ4v) is 4.71. The van der Waals surface area contributed by atoms with Crippen molar-refractivity contribution in [3.05, 3.63) is 11.7 Å². The maximum atomic E-state index is 12.0. The minimum Gasteiger partial charge on any atom is -0.339 e. The highest BCUT2D eigenvalue weighted by molar-refractivity contribution is 7.91. The number of rotatable bonds is 7. The van der Waals surface area contributed by atoms with Gasteiger partial charge in [-0.05, 0) is 26.3 Å². The van der Waals surface area contributed by atoms with E-state index in [1.165, 1.54) is 6.26 Å². The minimum atomic E-state index is -3.03. The molecule has 0 bridgehead atoms. The Morgan fingerprint density at radius 3 is 2.73 bits per heavy atom. The van der Waals surface area contributed by atoms with Gasteiger partial charge in [-0.25, -0.2) is 8.42 Å². The van der Waals surface area contributed by atoms with Crippen LogP contribution in [0.5, 0.6) is 0 Å². The zero-order chi connectivity index (χ0) is 16.2. The van der Waals surface area contributed by atoms with Crippen molar-refractivity contribution in [3.63, 3.8) is 0 Å². The van der Waals surface area contributed by atoms with Gasteiger partial charge in [-0.1, -0.05) is 31.3 Å². The second-order valence-electron chi connectivity index (χ2n) is 6.34. The van der Waals surface area contributed by atoms with Gasteiger partial charge in [0.15, 0.2) is 15.7 Å². The van der Waals surface area contributed by atoms with Crippen LogP contribution in [0.25, 0.3) is 0 Å². The lowest BCUT2D eigenvalue weighted by Crippen LogP contribution is -2.46. The molecule has 0 amide bonds. The summed E-state index contributed by atoms with van der Waals surface area (Å²) >= 11 is 0. The van der Waals surface area contributed by atoms with Gasteiger partial charge in [-0.2, -0.15) is 4.98 Å². The third kappa shape index (κ3) is 4.52. The highest BCUT2D eigenvalue weighted by atomic mass is 32.2. The van der Waals surface area contributed by atoms with E-state index in [9.17, 15) is 8.42 Å². The first-order valence-electron chi connectivity index (χ1n) is 8.12. The number of aryl methyl sites for hydroxylation is 1. The number of nitrogens with zero attached hydrogens (tertiary/aromatic N) is 3. The molecule has 0 N–H and O–H groups in total. The highest BCUT2D eigenvalue weighted by Gasteiger charge is 2.35. The van der Waals surface area contributed by atoms with Gasteiger partial charge >= 0.3 is 0 Å². The molecule has 0 unspecified atom stereocenters. The highest BCUT2D eigenvalue weighted by Crippen LogP contribution is 2.28. The van der Waals surface area contributed by atoms with Crippen molar-refractivity contribution in [2.45, 2.75) is 69.7 Å². The van der Waals surface area contributed by atoms with E-state index >= 15 is 0 Å². The molecule has 1 aliphatic carbocycles. The first kappa shape index (κ1) is 17.4. The molecule has 1 heterocycles. The van der Waals surface area contributed by atoms with Gasteiger partial charge in [-0.15, -0.1) is 0 Å². The molecule has 0 aromatic carbocycles. The lowest BCUT2D eigenvalue weighted by molar-refractivity contribution is 0.181. The summed E-state index contributed by atoms with van der Waals surface area (Å²) in [4.78, 5) is 6.47. The molecule has 0 spiro atoms. The number of sulfone groups is 1. The van der Waals surface area contributed by atoms with E-state index in [0.29, 0.717) is 18.3 Å². The smallest absolute Gasteiger partial charge is 0.226 e. The summed E-state index contributed by atoms with van der Waals surface area (Å²) in [7, 11) is -1.07. The van der Waals surface area contributed by atoms with E-state index < -0.39 is 9.84 Å². The van der Waals surface area contributed by atoms with E-state index in [2.05, 4.69) is 22.0 Å². The first-order chi connectivity index (χ1) is 10.4. The second-order valence-corrected chi connectivity index (χ2v) is 8.61. The predicted molar refractivity (Wildman–Crippen MR) is 85.3 cm³/mol. The SMILES string of the molecule is CCCCc1nc(CN(C)[C@H]2CCCC[C@H]2S(C)(=O)=O)no1. The third-order valence-corrected chi connectivity index (χ3v) is 6.08. The van der Waals surface area contributed by atoms with Crippen LogP contribution in [0.1, 0.15) is 57.2 Å². The third-order valence-electron chi connectivity index (χ3n) is 4.43. The molecule has 6 nitrogen and oxygen atoms in total. The summed E-state index contributed by atoms with van der Waals surface area (Å²) in [6.07, 6.45) is 8.02. The molecule has 2 atom stereocenters. The molecule has 1 fully saturated rings. The number of aromatic nitrogens is 2. The molecule has 1 aliphatic rings.